The van der Waals surface area contributed by atoms with Crippen molar-refractivity contribution >= 4 is 131 Å². The van der Waals surface area contributed by atoms with Crippen molar-refractivity contribution in [2.45, 2.75) is 0 Å². The van der Waals surface area contributed by atoms with Gasteiger partial charge in [-0.05, 0) is 101 Å². The average Bonchev–Trinajstić information content (AvgIpc) is 3.41. The van der Waals surface area contributed by atoms with Crippen molar-refractivity contribution in [1.29, 1.82) is 0 Å². The second-order valence-corrected chi connectivity index (χ2v) is 18.0. The van der Waals surface area contributed by atoms with E-state index < -0.39 is 0 Å². The molecule has 14 aromatic rings. The van der Waals surface area contributed by atoms with Crippen LogP contribution in [0.1, 0.15) is 0 Å². The summed E-state index contributed by atoms with van der Waals surface area (Å²) in [7, 11) is 0. The molecule has 316 valence electrons. The second kappa shape index (κ2) is 15.3. The Kier molecular flexibility index (Phi) is 8.62. The van der Waals surface area contributed by atoms with Gasteiger partial charge in [-0.2, -0.15) is 0 Å². The molecule has 14 aromatic carbocycles. The second-order valence-electron chi connectivity index (χ2n) is 18.0. The lowest BCUT2D eigenvalue weighted by Gasteiger charge is -2.32. The summed E-state index contributed by atoms with van der Waals surface area (Å²) < 4.78 is 0. The molecule has 0 aliphatic rings. The summed E-state index contributed by atoms with van der Waals surface area (Å²) >= 11 is 0. The van der Waals surface area contributed by atoms with Crippen molar-refractivity contribution in [3.8, 4) is 0 Å². The highest BCUT2D eigenvalue weighted by Crippen LogP contribution is 2.51. The van der Waals surface area contributed by atoms with Crippen LogP contribution in [0.2, 0.25) is 0 Å². The van der Waals surface area contributed by atoms with E-state index in [1.807, 2.05) is 0 Å². The summed E-state index contributed by atoms with van der Waals surface area (Å²) in [6.45, 7) is 0. The zero-order valence-electron chi connectivity index (χ0n) is 37.1. The third kappa shape index (κ3) is 5.84. The van der Waals surface area contributed by atoms with Crippen LogP contribution in [0.5, 0.6) is 0 Å². The lowest BCUT2D eigenvalue weighted by molar-refractivity contribution is 1.31. The fourth-order valence-corrected chi connectivity index (χ4v) is 11.3. The maximum absolute atomic E-state index is 2.53. The molecule has 2 nitrogen and oxygen atoms in total. The van der Waals surface area contributed by atoms with E-state index in [1.165, 1.54) is 86.2 Å². The van der Waals surface area contributed by atoms with E-state index in [4.69, 9.17) is 0 Å². The van der Waals surface area contributed by atoms with E-state index in [0.717, 1.165) is 44.9 Å². The van der Waals surface area contributed by atoms with Crippen molar-refractivity contribution in [1.82, 2.24) is 0 Å². The zero-order valence-corrected chi connectivity index (χ0v) is 37.1. The molecule has 0 saturated heterocycles. The highest BCUT2D eigenvalue weighted by atomic mass is 15.2. The summed E-state index contributed by atoms with van der Waals surface area (Å²) in [4.78, 5) is 5.05. The predicted molar refractivity (Wildman–Crippen MR) is 293 cm³/mol. The van der Waals surface area contributed by atoms with Crippen LogP contribution in [0.3, 0.4) is 0 Å². The van der Waals surface area contributed by atoms with E-state index in [2.05, 4.69) is 265 Å². The molecule has 0 unspecified atom stereocenters. The molecule has 0 spiro atoms. The first-order valence-electron chi connectivity index (χ1n) is 23.5. The monoisotopic (exact) mass is 862 g/mol. The van der Waals surface area contributed by atoms with Crippen LogP contribution in [0.4, 0.5) is 34.1 Å². The maximum Gasteiger partial charge on any atom is 0.0542 e. The van der Waals surface area contributed by atoms with E-state index in [9.17, 15) is 0 Å². The van der Waals surface area contributed by atoms with Crippen LogP contribution in [-0.4, -0.2) is 0 Å². The van der Waals surface area contributed by atoms with Crippen molar-refractivity contribution in [2.75, 3.05) is 9.80 Å². The molecule has 14 rings (SSSR count). The van der Waals surface area contributed by atoms with Crippen molar-refractivity contribution in [2.24, 2.45) is 0 Å². The Morgan fingerprint density at radius 3 is 0.618 bits per heavy atom. The number of rotatable bonds is 6. The first-order valence-corrected chi connectivity index (χ1v) is 23.5. The van der Waals surface area contributed by atoms with Gasteiger partial charge in [0.1, 0.15) is 0 Å². The first-order chi connectivity index (χ1) is 33.8. The SMILES string of the molecule is c1ccc2c(c1)ccc1c(N(c3ccc(N(c4cccc5c4ccc4ccccc45)c4cccc5c4ccc4ccccc45)c4ccccc34)c3cccc4c3ccc3ccccc34)cccc12. The molecular formula is C66H42N2. The summed E-state index contributed by atoms with van der Waals surface area (Å²) in [5.41, 5.74) is 6.74. The molecule has 0 aromatic heterocycles. The van der Waals surface area contributed by atoms with Gasteiger partial charge in [-0.3, -0.25) is 0 Å². The van der Waals surface area contributed by atoms with Gasteiger partial charge in [0.2, 0.25) is 0 Å². The van der Waals surface area contributed by atoms with Crippen LogP contribution in [0, 0.1) is 0 Å². The molecule has 68 heavy (non-hydrogen) atoms. The average molecular weight is 863 g/mol. The fraction of sp³-hybridized carbons (Fsp3) is 0. The van der Waals surface area contributed by atoms with Gasteiger partial charge in [0.15, 0.2) is 0 Å². The molecule has 0 N–H and O–H groups in total. The lowest BCUT2D eigenvalue weighted by Crippen LogP contribution is -2.14. The molecule has 0 saturated carbocycles. The highest BCUT2D eigenvalue weighted by Gasteiger charge is 2.25. The molecule has 0 amide bonds. The van der Waals surface area contributed by atoms with Gasteiger partial charge in [-0.15, -0.1) is 0 Å². The minimum Gasteiger partial charge on any atom is -0.309 e. The molecule has 2 heteroatoms. The molecule has 0 aliphatic carbocycles. The summed E-state index contributed by atoms with van der Waals surface area (Å²) in [5, 5.41) is 22.0. The standard InChI is InChI=1S/C66H42N2/c1-5-19-47-43(15-1)33-37-57-51(47)25-11-29-61(57)67(62-30-12-26-52-48-20-6-2-16-44(48)34-38-58(52)62)65-41-42-66(56-24-10-9-23-55(56)65)68(63-31-13-27-53-49-21-7-3-17-45(49)35-39-59(53)63)64-32-14-28-54-50-22-8-4-18-46(50)36-40-60(54)64/h1-42H. The molecular weight excluding hydrogens is 821 g/mol. The van der Waals surface area contributed by atoms with E-state index in [-0.39, 0.29) is 0 Å². The van der Waals surface area contributed by atoms with Gasteiger partial charge >= 0.3 is 0 Å². The van der Waals surface area contributed by atoms with Crippen LogP contribution >= 0.6 is 0 Å². The summed E-state index contributed by atoms with van der Waals surface area (Å²) in [6.07, 6.45) is 0. The number of hydrogen-bond acceptors (Lipinski definition) is 2. The molecule has 0 bridgehead atoms. The van der Waals surface area contributed by atoms with Crippen LogP contribution in [0.15, 0.2) is 255 Å². The Hall–Kier alpha value is -8.98. The van der Waals surface area contributed by atoms with E-state index in [1.54, 1.807) is 0 Å². The topological polar surface area (TPSA) is 6.48 Å². The largest absolute Gasteiger partial charge is 0.309 e. The summed E-state index contributed by atoms with van der Waals surface area (Å²) in [5.74, 6) is 0. The Bertz CT molecular complexity index is 3840. The third-order valence-corrected chi connectivity index (χ3v) is 14.4. The van der Waals surface area contributed by atoms with Gasteiger partial charge in [0.25, 0.3) is 0 Å². The van der Waals surface area contributed by atoms with Gasteiger partial charge in [-0.1, -0.05) is 218 Å². The lowest BCUT2D eigenvalue weighted by atomic mass is 9.96. The van der Waals surface area contributed by atoms with E-state index in [0.29, 0.717) is 0 Å². The molecule has 0 radical (unpaired) electrons. The Balaban J connectivity index is 1.08. The van der Waals surface area contributed by atoms with Crippen molar-refractivity contribution in [3.05, 3.63) is 255 Å². The minimum absolute atomic E-state index is 1.11. The van der Waals surface area contributed by atoms with Gasteiger partial charge in [0.05, 0.1) is 34.1 Å². The maximum atomic E-state index is 2.53. The molecule has 0 fully saturated rings. The van der Waals surface area contributed by atoms with Crippen LogP contribution in [-0.2, 0) is 0 Å². The molecule has 0 heterocycles. The van der Waals surface area contributed by atoms with Crippen molar-refractivity contribution < 1.29 is 0 Å². The number of hydrogen-bond donors (Lipinski definition) is 0. The summed E-state index contributed by atoms with van der Waals surface area (Å²) in [6, 6.07) is 94.2. The minimum atomic E-state index is 1.11. The Morgan fingerprint density at radius 2 is 0.338 bits per heavy atom. The van der Waals surface area contributed by atoms with Gasteiger partial charge in [-0.25, -0.2) is 0 Å². The molecule has 0 atom stereocenters. The quantitative estimate of drug-likeness (QED) is 0.154. The Morgan fingerprint density at radius 1 is 0.132 bits per heavy atom. The zero-order chi connectivity index (χ0) is 44.7. The fourth-order valence-electron chi connectivity index (χ4n) is 11.3. The van der Waals surface area contributed by atoms with Gasteiger partial charge < -0.3 is 9.80 Å². The number of fused-ring (bicyclic) bond motifs is 13. The predicted octanol–water partition coefficient (Wildman–Crippen LogP) is 19.0. The normalized spacial score (nSPS) is 11.8. The Labute approximate surface area is 393 Å². The number of anilines is 6. The number of nitrogens with zero attached hydrogens (tertiary/aromatic N) is 2. The van der Waals surface area contributed by atoms with Crippen LogP contribution in [0.25, 0.3) is 97.0 Å². The first kappa shape index (κ1) is 38.3. The van der Waals surface area contributed by atoms with Crippen LogP contribution < -0.4 is 9.80 Å². The van der Waals surface area contributed by atoms with Crippen molar-refractivity contribution in [3.63, 3.8) is 0 Å². The number of benzene rings is 14. The van der Waals surface area contributed by atoms with Gasteiger partial charge in [0, 0.05) is 32.3 Å². The smallest absolute Gasteiger partial charge is 0.0542 e. The van der Waals surface area contributed by atoms with E-state index >= 15 is 0 Å². The third-order valence-electron chi connectivity index (χ3n) is 14.4. The molecule has 0 aliphatic heterocycles. The highest BCUT2D eigenvalue weighted by molar-refractivity contribution is 6.21.